The Kier molecular flexibility index (Phi) is 5.73. The summed E-state index contributed by atoms with van der Waals surface area (Å²) in [6, 6.07) is 11.5. The van der Waals surface area contributed by atoms with Gasteiger partial charge in [-0.2, -0.15) is 0 Å². The smallest absolute Gasteiger partial charge is 0.139 e. The highest BCUT2D eigenvalue weighted by molar-refractivity contribution is 9.10. The topological polar surface area (TPSA) is 35.2 Å². The number of nitrogens with two attached hydrogens (primary N) is 1. The molecule has 0 aliphatic heterocycles. The van der Waals surface area contributed by atoms with Crippen molar-refractivity contribution in [2.45, 2.75) is 13.0 Å². The van der Waals surface area contributed by atoms with E-state index < -0.39 is 0 Å². The van der Waals surface area contributed by atoms with Crippen LogP contribution >= 0.6 is 39.1 Å². The molecule has 0 radical (unpaired) electrons. The van der Waals surface area contributed by atoms with E-state index in [1.807, 2.05) is 18.2 Å². The molecule has 5 heteroatoms. The third-order valence-electron chi connectivity index (χ3n) is 2.89. The molecular weight excluding hydrogens is 361 g/mol. The molecule has 2 aromatic rings. The monoisotopic (exact) mass is 373 g/mol. The van der Waals surface area contributed by atoms with Crippen molar-refractivity contribution in [2.75, 3.05) is 6.54 Å². The molecule has 2 aromatic carbocycles. The van der Waals surface area contributed by atoms with Crippen LogP contribution < -0.4 is 10.5 Å². The van der Waals surface area contributed by atoms with Gasteiger partial charge in [0.05, 0.1) is 10.0 Å². The van der Waals surface area contributed by atoms with E-state index in [2.05, 4.69) is 22.0 Å². The Bertz CT molecular complexity index is 604. The summed E-state index contributed by atoms with van der Waals surface area (Å²) in [5.41, 5.74) is 7.91. The quantitative estimate of drug-likeness (QED) is 0.760. The molecule has 0 saturated heterocycles. The molecule has 0 fully saturated rings. The highest BCUT2D eigenvalue weighted by atomic mass is 79.9. The summed E-state index contributed by atoms with van der Waals surface area (Å²) in [6.07, 6.45) is 0.828. The van der Waals surface area contributed by atoms with Crippen molar-refractivity contribution in [3.63, 3.8) is 0 Å². The maximum Gasteiger partial charge on any atom is 0.139 e. The number of hydrogen-bond acceptors (Lipinski definition) is 2. The second kappa shape index (κ2) is 7.32. The van der Waals surface area contributed by atoms with Gasteiger partial charge in [-0.05, 0) is 46.1 Å². The van der Waals surface area contributed by atoms with E-state index in [0.29, 0.717) is 28.9 Å². The van der Waals surface area contributed by atoms with E-state index in [1.54, 1.807) is 12.1 Å². The minimum atomic E-state index is 0.438. The van der Waals surface area contributed by atoms with Gasteiger partial charge in [0.25, 0.3) is 0 Å². The molecule has 0 amide bonds. The fourth-order valence-corrected chi connectivity index (χ4v) is 2.72. The van der Waals surface area contributed by atoms with Gasteiger partial charge in [-0.3, -0.25) is 0 Å². The summed E-state index contributed by atoms with van der Waals surface area (Å²) >= 11 is 15.5. The largest absolute Gasteiger partial charge is 0.487 e. The molecule has 20 heavy (non-hydrogen) atoms. The Morgan fingerprint density at radius 1 is 1.05 bits per heavy atom. The summed E-state index contributed by atoms with van der Waals surface area (Å²) < 4.78 is 6.52. The summed E-state index contributed by atoms with van der Waals surface area (Å²) in [6.45, 7) is 1.05. The van der Waals surface area contributed by atoms with Gasteiger partial charge in [-0.25, -0.2) is 0 Å². The summed E-state index contributed by atoms with van der Waals surface area (Å²) in [5.74, 6) is 0.572. The van der Waals surface area contributed by atoms with Crippen LogP contribution in [0.25, 0.3) is 0 Å². The summed E-state index contributed by atoms with van der Waals surface area (Å²) in [7, 11) is 0. The van der Waals surface area contributed by atoms with Crippen molar-refractivity contribution in [2.24, 2.45) is 5.73 Å². The van der Waals surface area contributed by atoms with Crippen molar-refractivity contribution in [1.82, 2.24) is 0 Å². The van der Waals surface area contributed by atoms with E-state index in [-0.39, 0.29) is 0 Å². The molecule has 0 heterocycles. The van der Waals surface area contributed by atoms with Crippen LogP contribution in [0.5, 0.6) is 5.75 Å². The Morgan fingerprint density at radius 2 is 1.75 bits per heavy atom. The van der Waals surface area contributed by atoms with Gasteiger partial charge in [0.2, 0.25) is 0 Å². The summed E-state index contributed by atoms with van der Waals surface area (Å²) in [5, 5.41) is 1.09. The standard InChI is InChI=1S/C15H14BrCl2NO/c16-12-7-14(18)15(8-13(12)17)20-9-11-4-2-1-3-10(11)5-6-19/h1-4,7-8H,5-6,9,19H2. The number of benzene rings is 2. The lowest BCUT2D eigenvalue weighted by molar-refractivity contribution is 0.305. The number of rotatable bonds is 5. The molecule has 0 atom stereocenters. The molecule has 0 spiro atoms. The third kappa shape index (κ3) is 3.89. The maximum absolute atomic E-state index is 6.14. The van der Waals surface area contributed by atoms with Crippen molar-refractivity contribution >= 4 is 39.1 Å². The first-order chi connectivity index (χ1) is 9.61. The van der Waals surface area contributed by atoms with Crippen LogP contribution in [0, 0.1) is 0 Å². The lowest BCUT2D eigenvalue weighted by Gasteiger charge is -2.12. The number of hydrogen-bond donors (Lipinski definition) is 1. The molecule has 0 aliphatic carbocycles. The molecule has 0 aliphatic rings. The molecule has 106 valence electrons. The number of halogens is 3. The molecule has 0 bridgehead atoms. The third-order valence-corrected chi connectivity index (χ3v) is 4.38. The average molecular weight is 375 g/mol. The molecule has 2 rings (SSSR count). The lowest BCUT2D eigenvalue weighted by Crippen LogP contribution is -2.07. The number of ether oxygens (including phenoxy) is 1. The zero-order chi connectivity index (χ0) is 14.5. The minimum absolute atomic E-state index is 0.438. The fourth-order valence-electron chi connectivity index (χ4n) is 1.87. The van der Waals surface area contributed by atoms with Crippen LogP contribution in [0.4, 0.5) is 0 Å². The molecule has 0 saturated carbocycles. The highest BCUT2D eigenvalue weighted by Gasteiger charge is 2.08. The van der Waals surface area contributed by atoms with E-state index in [1.165, 1.54) is 5.56 Å². The predicted molar refractivity (Wildman–Crippen MR) is 87.7 cm³/mol. The Labute approximate surface area is 137 Å². The first-order valence-corrected chi connectivity index (χ1v) is 7.71. The van der Waals surface area contributed by atoms with Crippen LogP contribution in [0.3, 0.4) is 0 Å². The average Bonchev–Trinajstić information content (AvgIpc) is 2.43. The minimum Gasteiger partial charge on any atom is -0.487 e. The van der Waals surface area contributed by atoms with E-state index in [9.17, 15) is 0 Å². The molecule has 2 nitrogen and oxygen atoms in total. The molecule has 0 unspecified atom stereocenters. The normalized spacial score (nSPS) is 10.6. The van der Waals surface area contributed by atoms with Crippen molar-refractivity contribution in [3.8, 4) is 5.75 Å². The van der Waals surface area contributed by atoms with E-state index in [0.717, 1.165) is 16.5 Å². The van der Waals surface area contributed by atoms with E-state index in [4.69, 9.17) is 33.7 Å². The second-order valence-corrected chi connectivity index (χ2v) is 5.96. The predicted octanol–water partition coefficient (Wildman–Crippen LogP) is 4.84. The Hall–Kier alpha value is -0.740. The van der Waals surface area contributed by atoms with Crippen LogP contribution in [0.1, 0.15) is 11.1 Å². The van der Waals surface area contributed by atoms with Crippen LogP contribution in [-0.2, 0) is 13.0 Å². The lowest BCUT2D eigenvalue weighted by atomic mass is 10.1. The van der Waals surface area contributed by atoms with Crippen LogP contribution in [0.2, 0.25) is 10.0 Å². The highest BCUT2D eigenvalue weighted by Crippen LogP contribution is 2.34. The van der Waals surface area contributed by atoms with Crippen LogP contribution in [-0.4, -0.2) is 6.54 Å². The molecule has 2 N–H and O–H groups in total. The summed E-state index contributed by atoms with van der Waals surface area (Å²) in [4.78, 5) is 0. The van der Waals surface area contributed by atoms with Gasteiger partial charge in [-0.1, -0.05) is 47.5 Å². The van der Waals surface area contributed by atoms with Crippen molar-refractivity contribution in [1.29, 1.82) is 0 Å². The van der Waals surface area contributed by atoms with Gasteiger partial charge in [0, 0.05) is 10.5 Å². The van der Waals surface area contributed by atoms with Gasteiger partial charge < -0.3 is 10.5 Å². The second-order valence-electron chi connectivity index (χ2n) is 4.29. The van der Waals surface area contributed by atoms with Crippen molar-refractivity contribution < 1.29 is 4.74 Å². The first kappa shape index (κ1) is 15.6. The van der Waals surface area contributed by atoms with Gasteiger partial charge in [0.1, 0.15) is 12.4 Å². The molecular formula is C15H14BrCl2NO. The zero-order valence-corrected chi connectivity index (χ0v) is 13.8. The maximum atomic E-state index is 6.14. The van der Waals surface area contributed by atoms with Gasteiger partial charge in [-0.15, -0.1) is 0 Å². The van der Waals surface area contributed by atoms with E-state index >= 15 is 0 Å². The Balaban J connectivity index is 2.15. The SMILES string of the molecule is NCCc1ccccc1COc1cc(Cl)c(Br)cc1Cl. The Morgan fingerprint density at radius 3 is 2.45 bits per heavy atom. The fraction of sp³-hybridized carbons (Fsp3) is 0.200. The van der Waals surface area contributed by atoms with Crippen molar-refractivity contribution in [3.05, 3.63) is 62.0 Å². The van der Waals surface area contributed by atoms with Crippen LogP contribution in [0.15, 0.2) is 40.9 Å². The van der Waals surface area contributed by atoms with Gasteiger partial charge >= 0.3 is 0 Å². The molecule has 0 aromatic heterocycles. The van der Waals surface area contributed by atoms with Gasteiger partial charge in [0.15, 0.2) is 0 Å². The zero-order valence-electron chi connectivity index (χ0n) is 10.7. The first-order valence-electron chi connectivity index (χ1n) is 6.16.